The molecule has 1 saturated heterocycles. The smallest absolute Gasteiger partial charge is 0.189 e. The molecule has 1 saturated carbocycles. The van der Waals surface area contributed by atoms with E-state index in [9.17, 15) is 30.6 Å². The molecule has 176 valence electrons. The molecule has 9 nitrogen and oxygen atoms in total. The van der Waals surface area contributed by atoms with Gasteiger partial charge in [0, 0.05) is 12.3 Å². The third kappa shape index (κ3) is 5.06. The van der Waals surface area contributed by atoms with E-state index >= 15 is 0 Å². The van der Waals surface area contributed by atoms with Crippen molar-refractivity contribution in [3.8, 4) is 0 Å². The van der Waals surface area contributed by atoms with E-state index in [2.05, 4.69) is 0 Å². The van der Waals surface area contributed by atoms with Crippen LogP contribution in [-0.4, -0.2) is 91.1 Å². The van der Waals surface area contributed by atoms with Crippen LogP contribution in [0.5, 0.6) is 0 Å². The predicted molar refractivity (Wildman–Crippen MR) is 107 cm³/mol. The molecule has 1 unspecified atom stereocenters. The summed E-state index contributed by atoms with van der Waals surface area (Å²) in [6.45, 7) is 4.81. The molecule has 10 atom stereocenters. The summed E-state index contributed by atoms with van der Waals surface area (Å²) >= 11 is 0. The van der Waals surface area contributed by atoms with Crippen LogP contribution in [0.2, 0.25) is 0 Å². The van der Waals surface area contributed by atoms with Gasteiger partial charge in [-0.05, 0) is 31.6 Å². The molecule has 0 amide bonds. The Bertz CT molecular complexity index is 567. The maximum absolute atomic E-state index is 11.6. The van der Waals surface area contributed by atoms with Crippen LogP contribution in [0, 0.1) is 17.8 Å². The first-order valence-corrected chi connectivity index (χ1v) is 10.7. The number of aliphatic hydroxyl groups is 7. The van der Waals surface area contributed by atoms with Gasteiger partial charge < -0.3 is 45.2 Å². The predicted octanol–water partition coefficient (Wildman–Crippen LogP) is -0.747. The Morgan fingerprint density at radius 2 is 1.80 bits per heavy atom. The van der Waals surface area contributed by atoms with E-state index in [0.29, 0.717) is 19.3 Å². The Balaban J connectivity index is 2.29. The molecule has 30 heavy (non-hydrogen) atoms. The lowest BCUT2D eigenvalue weighted by molar-refractivity contribution is -0.377. The topological polar surface area (TPSA) is 160 Å². The second-order valence-electron chi connectivity index (χ2n) is 8.81. The molecule has 0 bridgehead atoms. The highest BCUT2D eigenvalue weighted by atomic mass is 16.8. The summed E-state index contributed by atoms with van der Waals surface area (Å²) in [5.41, 5.74) is -1.02. The van der Waals surface area contributed by atoms with E-state index in [0.717, 1.165) is 0 Å². The van der Waals surface area contributed by atoms with E-state index < -0.39 is 54.6 Å². The average molecular weight is 435 g/mol. The largest absolute Gasteiger partial charge is 0.394 e. The van der Waals surface area contributed by atoms with Gasteiger partial charge in [0.05, 0.1) is 18.8 Å². The Hall–Kier alpha value is -0.620. The first-order valence-electron chi connectivity index (χ1n) is 10.7. The van der Waals surface area contributed by atoms with Gasteiger partial charge in [-0.3, -0.25) is 0 Å². The van der Waals surface area contributed by atoms with E-state index in [1.807, 2.05) is 13.8 Å². The van der Waals surface area contributed by atoms with Gasteiger partial charge in [0.2, 0.25) is 0 Å². The molecule has 1 heterocycles. The van der Waals surface area contributed by atoms with Gasteiger partial charge in [0.15, 0.2) is 12.1 Å². The summed E-state index contributed by atoms with van der Waals surface area (Å²) < 4.78 is 11.3. The van der Waals surface area contributed by atoms with E-state index in [-0.39, 0.29) is 24.9 Å². The van der Waals surface area contributed by atoms with Crippen LogP contribution in [0.25, 0.3) is 0 Å². The zero-order chi connectivity index (χ0) is 22.7. The molecule has 2 aliphatic rings. The van der Waals surface area contributed by atoms with E-state index in [4.69, 9.17) is 14.6 Å². The van der Waals surface area contributed by atoms with Crippen LogP contribution in [0.1, 0.15) is 46.5 Å². The van der Waals surface area contributed by atoms with Gasteiger partial charge in [-0.1, -0.05) is 32.4 Å². The second-order valence-corrected chi connectivity index (χ2v) is 8.81. The fraction of sp³-hybridized carbons (Fsp3) is 0.905. The van der Waals surface area contributed by atoms with Crippen molar-refractivity contribution in [2.24, 2.45) is 17.8 Å². The van der Waals surface area contributed by atoms with Gasteiger partial charge >= 0.3 is 0 Å². The molecule has 1 aliphatic carbocycles. The van der Waals surface area contributed by atoms with Crippen molar-refractivity contribution in [3.05, 3.63) is 12.2 Å². The zero-order valence-electron chi connectivity index (χ0n) is 18.0. The van der Waals surface area contributed by atoms with Crippen LogP contribution in [-0.2, 0) is 9.47 Å². The Kier molecular flexibility index (Phi) is 8.83. The standard InChI is InChI=1S/C21H38O9/c1-4-13-10-14(12(2)20(13,3)27)21(28,8-6-5-7-9-22)30-19-18(26)17(25)16(24)15(11-23)29-19/h5,7,12-19,22-28H,4,6,8-11H2,1-3H3/b7-5+/t12-,13?,14+,15+,16+,17-,18-,19-,20-,21+/m0/s1. The Labute approximate surface area is 177 Å². The van der Waals surface area contributed by atoms with Crippen LogP contribution in [0.4, 0.5) is 0 Å². The Morgan fingerprint density at radius 3 is 2.33 bits per heavy atom. The van der Waals surface area contributed by atoms with Gasteiger partial charge in [0.1, 0.15) is 24.4 Å². The summed E-state index contributed by atoms with van der Waals surface area (Å²) in [5.74, 6) is -2.71. The fourth-order valence-corrected chi connectivity index (χ4v) is 4.86. The van der Waals surface area contributed by atoms with Crippen molar-refractivity contribution in [3.63, 3.8) is 0 Å². The number of rotatable bonds is 9. The van der Waals surface area contributed by atoms with E-state index in [1.54, 1.807) is 13.0 Å². The normalized spacial score (nSPS) is 44.5. The first-order chi connectivity index (χ1) is 14.0. The number of aliphatic hydroxyl groups excluding tert-OH is 5. The van der Waals surface area contributed by atoms with Gasteiger partial charge in [0.25, 0.3) is 0 Å². The molecule has 2 rings (SSSR count). The molecule has 0 aromatic rings. The van der Waals surface area contributed by atoms with Crippen molar-refractivity contribution < 1.29 is 45.2 Å². The summed E-state index contributed by atoms with van der Waals surface area (Å²) in [6, 6.07) is 0. The van der Waals surface area contributed by atoms with Crippen molar-refractivity contribution >= 4 is 0 Å². The zero-order valence-corrected chi connectivity index (χ0v) is 18.0. The number of ether oxygens (including phenoxy) is 2. The van der Waals surface area contributed by atoms with Gasteiger partial charge in [-0.25, -0.2) is 0 Å². The second kappa shape index (κ2) is 10.3. The Morgan fingerprint density at radius 1 is 1.13 bits per heavy atom. The number of allylic oxidation sites excluding steroid dienone is 1. The highest BCUT2D eigenvalue weighted by molar-refractivity contribution is 5.03. The quantitative estimate of drug-likeness (QED) is 0.183. The molecular formula is C21H38O9. The minimum atomic E-state index is -1.82. The number of hydrogen-bond donors (Lipinski definition) is 7. The SMILES string of the molecule is CCC1C[C@@H]([C@@](O)(CC/C=C/CO)O[C@@H]2O[C@H](CO)[C@@H](O)[C@H](O)[C@@H]2O)[C@H](C)[C@]1(C)O. The van der Waals surface area contributed by atoms with Crippen LogP contribution in [0.15, 0.2) is 12.2 Å². The molecule has 9 heteroatoms. The highest BCUT2D eigenvalue weighted by Crippen LogP contribution is 2.51. The molecule has 1 aliphatic heterocycles. The fourth-order valence-electron chi connectivity index (χ4n) is 4.86. The summed E-state index contributed by atoms with van der Waals surface area (Å²) in [4.78, 5) is 0. The number of hydrogen-bond acceptors (Lipinski definition) is 9. The molecule has 0 aromatic heterocycles. The van der Waals surface area contributed by atoms with Crippen molar-refractivity contribution in [2.75, 3.05) is 13.2 Å². The lowest BCUT2D eigenvalue weighted by Gasteiger charge is -2.45. The molecule has 7 N–H and O–H groups in total. The monoisotopic (exact) mass is 434 g/mol. The highest BCUT2D eigenvalue weighted by Gasteiger charge is 2.57. The molecule has 0 spiro atoms. The maximum Gasteiger partial charge on any atom is 0.189 e. The summed E-state index contributed by atoms with van der Waals surface area (Å²) in [7, 11) is 0. The molecule has 0 aromatic carbocycles. The molecule has 2 fully saturated rings. The average Bonchev–Trinajstić information content (AvgIpc) is 2.95. The van der Waals surface area contributed by atoms with Crippen LogP contribution < -0.4 is 0 Å². The van der Waals surface area contributed by atoms with Crippen molar-refractivity contribution in [1.82, 2.24) is 0 Å². The summed E-state index contributed by atoms with van der Waals surface area (Å²) in [6.07, 6.45) is -2.53. The third-order valence-electron chi connectivity index (χ3n) is 7.07. The third-order valence-corrected chi connectivity index (χ3v) is 7.07. The lowest BCUT2D eigenvalue weighted by atomic mass is 9.81. The maximum atomic E-state index is 11.6. The van der Waals surface area contributed by atoms with Crippen molar-refractivity contribution in [1.29, 1.82) is 0 Å². The minimum absolute atomic E-state index is 0.0598. The van der Waals surface area contributed by atoms with Gasteiger partial charge in [-0.15, -0.1) is 0 Å². The summed E-state index contributed by atoms with van der Waals surface area (Å²) in [5, 5.41) is 71.3. The lowest BCUT2D eigenvalue weighted by Crippen LogP contribution is -2.61. The molecule has 0 radical (unpaired) electrons. The minimum Gasteiger partial charge on any atom is -0.394 e. The van der Waals surface area contributed by atoms with Crippen LogP contribution >= 0.6 is 0 Å². The van der Waals surface area contributed by atoms with E-state index in [1.165, 1.54) is 6.08 Å². The van der Waals surface area contributed by atoms with Crippen LogP contribution in [0.3, 0.4) is 0 Å². The van der Waals surface area contributed by atoms with Crippen molar-refractivity contribution in [2.45, 2.75) is 88.5 Å². The first kappa shape index (κ1) is 25.6. The molecular weight excluding hydrogens is 396 g/mol. The van der Waals surface area contributed by atoms with Gasteiger partial charge in [-0.2, -0.15) is 0 Å².